The topological polar surface area (TPSA) is 111 Å². The molecule has 0 radical (unpaired) electrons. The average Bonchev–Trinajstić information content (AvgIpc) is 3.83. The number of ether oxygens (including phenoxy) is 2. The van der Waals surface area contributed by atoms with Crippen LogP contribution in [0, 0.1) is 36.5 Å². The first-order valence-electron chi connectivity index (χ1n) is 17.8. The number of piperidine rings is 1. The van der Waals surface area contributed by atoms with Crippen LogP contribution in [-0.2, 0) is 14.8 Å². The second-order valence-corrected chi connectivity index (χ2v) is 17.2. The lowest BCUT2D eigenvalue weighted by atomic mass is 9.52. The summed E-state index contributed by atoms with van der Waals surface area (Å²) in [4.78, 5) is 23.3. The Kier molecular flexibility index (Phi) is 9.03. The Morgan fingerprint density at radius 2 is 1.69 bits per heavy atom. The van der Waals surface area contributed by atoms with Gasteiger partial charge in [0.15, 0.2) is 0 Å². The maximum Gasteiger partial charge on any atom is 0.410 e. The normalized spacial score (nSPS) is 23.6. The molecule has 2 aromatic carbocycles. The number of hydrogen-bond donors (Lipinski definition) is 1. The Balaban J connectivity index is 1.25. The van der Waals surface area contributed by atoms with Gasteiger partial charge in [-0.1, -0.05) is 30.3 Å². The van der Waals surface area contributed by atoms with Gasteiger partial charge in [-0.05, 0) is 119 Å². The van der Waals surface area contributed by atoms with Crippen LogP contribution in [-0.4, -0.2) is 61.4 Å². The number of sulfonamides is 1. The number of anilines is 1. The molecule has 2 atom stereocenters. The number of benzene rings is 2. The van der Waals surface area contributed by atoms with Crippen molar-refractivity contribution < 1.29 is 35.9 Å². The van der Waals surface area contributed by atoms with Crippen molar-refractivity contribution in [2.45, 2.75) is 95.7 Å². The summed E-state index contributed by atoms with van der Waals surface area (Å²) in [7, 11) is -4.18. The number of halogens is 3. The van der Waals surface area contributed by atoms with Crippen LogP contribution in [0.25, 0.3) is 11.3 Å². The number of hydrogen-bond acceptors (Lipinski definition) is 7. The highest BCUT2D eigenvalue weighted by Crippen LogP contribution is 2.65. The maximum absolute atomic E-state index is 14.6. The minimum atomic E-state index is -4.37. The predicted octanol–water partition coefficient (Wildman–Crippen LogP) is 8.42. The van der Waals surface area contributed by atoms with Gasteiger partial charge in [0.2, 0.25) is 11.8 Å². The SMILES string of the molecule is Cc1cccc(C)c1-c1cc2nc(n1)NS(=O)(=O)c1cccc(c1)C(C1CC3(CCN(C(=O)OC(C)C)CC3)C1)[C@H](CC1(C(F)(F)F)CC1)CO2. The number of aryl methyl sites for hydroxylation is 2. The second-order valence-electron chi connectivity index (χ2n) is 15.5. The third-order valence-corrected chi connectivity index (χ3v) is 12.9. The van der Waals surface area contributed by atoms with Crippen molar-refractivity contribution in [3.05, 3.63) is 65.2 Å². The standard InChI is InChI=1S/C38H45F3N4O5S/c1-23(2)50-35(46)45-15-13-36(14-16-45)19-27(20-36)33-26-9-6-10-29(17-26)51(47,48)44-34-42-30(32-24(3)7-5-8-25(32)4)18-31(43-34)49-22-28(33)21-37(11-12-37)38(39,40)41/h5-10,17-18,23,27-28,33H,11-16,19-22H2,1-4H3,(H,42,43,44)/t28-,33?/m1/s1. The van der Waals surface area contributed by atoms with Gasteiger partial charge < -0.3 is 14.4 Å². The van der Waals surface area contributed by atoms with Crippen molar-refractivity contribution >= 4 is 22.1 Å². The fraction of sp³-hybridized carbons (Fsp3) is 0.553. The molecule has 1 spiro atoms. The van der Waals surface area contributed by atoms with E-state index in [2.05, 4.69) is 14.7 Å². The molecule has 51 heavy (non-hydrogen) atoms. The van der Waals surface area contributed by atoms with E-state index in [4.69, 9.17) is 9.47 Å². The summed E-state index contributed by atoms with van der Waals surface area (Å²) in [5.41, 5.74) is 1.93. The Morgan fingerprint density at radius 3 is 2.31 bits per heavy atom. The average molecular weight is 727 g/mol. The summed E-state index contributed by atoms with van der Waals surface area (Å²) in [5, 5.41) is 0. The van der Waals surface area contributed by atoms with Gasteiger partial charge in [-0.3, -0.25) is 0 Å². The number of alkyl halides is 3. The van der Waals surface area contributed by atoms with Gasteiger partial charge in [-0.2, -0.15) is 18.2 Å². The number of amides is 1. The Hall–Kier alpha value is -3.87. The molecule has 1 amide bonds. The van der Waals surface area contributed by atoms with E-state index in [1.54, 1.807) is 23.1 Å². The largest absolute Gasteiger partial charge is 0.477 e. The van der Waals surface area contributed by atoms with Crippen LogP contribution < -0.4 is 9.46 Å². The summed E-state index contributed by atoms with van der Waals surface area (Å²) >= 11 is 0. The van der Waals surface area contributed by atoms with E-state index in [1.165, 1.54) is 6.07 Å². The summed E-state index contributed by atoms with van der Waals surface area (Å²) in [6, 6.07) is 14.0. The summed E-state index contributed by atoms with van der Waals surface area (Å²) in [6.07, 6.45) is -1.83. The monoisotopic (exact) mass is 726 g/mol. The van der Waals surface area contributed by atoms with E-state index in [0.29, 0.717) is 24.3 Å². The molecule has 7 rings (SSSR count). The van der Waals surface area contributed by atoms with Crippen molar-refractivity contribution in [2.24, 2.45) is 22.7 Å². The van der Waals surface area contributed by atoms with E-state index in [-0.39, 0.29) is 66.1 Å². The quantitative estimate of drug-likeness (QED) is 0.281. The van der Waals surface area contributed by atoms with Crippen molar-refractivity contribution in [1.29, 1.82) is 0 Å². The van der Waals surface area contributed by atoms with Gasteiger partial charge in [0.05, 0.1) is 28.7 Å². The molecular weight excluding hydrogens is 682 g/mol. The van der Waals surface area contributed by atoms with Crippen LogP contribution in [0.1, 0.15) is 81.4 Å². The van der Waals surface area contributed by atoms with Gasteiger partial charge in [0.1, 0.15) is 0 Å². The highest BCUT2D eigenvalue weighted by atomic mass is 32.2. The lowest BCUT2D eigenvalue weighted by Gasteiger charge is -2.55. The fourth-order valence-corrected chi connectivity index (χ4v) is 9.78. The number of nitrogens with one attached hydrogen (secondary N) is 1. The molecule has 1 unspecified atom stereocenters. The van der Waals surface area contributed by atoms with Gasteiger partial charge in [0.25, 0.3) is 10.0 Å². The molecule has 274 valence electrons. The number of carbonyl (C=O) groups is 1. The molecule has 2 aliphatic heterocycles. The lowest BCUT2D eigenvalue weighted by Crippen LogP contribution is -2.51. The van der Waals surface area contributed by atoms with Crippen LogP contribution in [0.4, 0.5) is 23.9 Å². The van der Waals surface area contributed by atoms with Gasteiger partial charge in [-0.15, -0.1) is 0 Å². The lowest BCUT2D eigenvalue weighted by molar-refractivity contribution is -0.194. The van der Waals surface area contributed by atoms with Crippen LogP contribution >= 0.6 is 0 Å². The third kappa shape index (κ3) is 7.02. The van der Waals surface area contributed by atoms with Crippen LogP contribution in [0.2, 0.25) is 0 Å². The molecule has 3 heterocycles. The first kappa shape index (κ1) is 35.5. The first-order valence-corrected chi connectivity index (χ1v) is 19.3. The molecule has 4 bridgehead atoms. The van der Waals surface area contributed by atoms with Gasteiger partial charge in [0, 0.05) is 30.6 Å². The number of fused-ring (bicyclic) bond motifs is 4. The highest BCUT2D eigenvalue weighted by molar-refractivity contribution is 7.92. The van der Waals surface area contributed by atoms with E-state index in [1.807, 2.05) is 52.0 Å². The number of likely N-dealkylation sites (tertiary alicyclic amines) is 1. The molecule has 4 aliphatic rings. The third-order valence-electron chi connectivity index (χ3n) is 11.6. The van der Waals surface area contributed by atoms with Crippen LogP contribution in [0.15, 0.2) is 53.4 Å². The van der Waals surface area contributed by atoms with Crippen molar-refractivity contribution in [1.82, 2.24) is 14.9 Å². The first-order chi connectivity index (χ1) is 24.1. The van der Waals surface area contributed by atoms with Crippen LogP contribution in [0.5, 0.6) is 5.88 Å². The van der Waals surface area contributed by atoms with Gasteiger partial charge >= 0.3 is 12.3 Å². The molecule has 2 aliphatic carbocycles. The zero-order chi connectivity index (χ0) is 36.3. The molecule has 3 aromatic rings. The summed E-state index contributed by atoms with van der Waals surface area (Å²) < 4.78 is 85.8. The van der Waals surface area contributed by atoms with Crippen molar-refractivity contribution in [2.75, 3.05) is 24.4 Å². The number of nitrogens with zero attached hydrogens (tertiary/aromatic N) is 3. The Morgan fingerprint density at radius 1 is 1.02 bits per heavy atom. The molecule has 2 saturated carbocycles. The second kappa shape index (κ2) is 13.0. The number of rotatable bonds is 5. The van der Waals surface area contributed by atoms with E-state index < -0.39 is 33.5 Å². The summed E-state index contributed by atoms with van der Waals surface area (Å²) in [5.74, 6) is -1.06. The fourth-order valence-electron chi connectivity index (χ4n) is 8.78. The highest BCUT2D eigenvalue weighted by Gasteiger charge is 2.64. The van der Waals surface area contributed by atoms with Crippen molar-refractivity contribution in [3.63, 3.8) is 0 Å². The maximum atomic E-state index is 14.6. The summed E-state index contributed by atoms with van der Waals surface area (Å²) in [6.45, 7) is 8.58. The Bertz CT molecular complexity index is 1890. The van der Waals surface area contributed by atoms with Crippen molar-refractivity contribution in [3.8, 4) is 17.1 Å². The minimum absolute atomic E-state index is 0.00297. The van der Waals surface area contributed by atoms with Crippen LogP contribution in [0.3, 0.4) is 0 Å². The zero-order valence-electron chi connectivity index (χ0n) is 29.4. The Labute approximate surface area is 297 Å². The molecular formula is C38H45F3N4O5S. The molecule has 1 aromatic heterocycles. The molecule has 13 heteroatoms. The smallest absolute Gasteiger partial charge is 0.410 e. The van der Waals surface area contributed by atoms with E-state index in [9.17, 15) is 26.4 Å². The number of aromatic nitrogens is 2. The molecule has 1 N–H and O–H groups in total. The molecule has 9 nitrogen and oxygen atoms in total. The zero-order valence-corrected chi connectivity index (χ0v) is 30.2. The van der Waals surface area contributed by atoms with Gasteiger partial charge in [-0.25, -0.2) is 22.9 Å². The predicted molar refractivity (Wildman–Crippen MR) is 186 cm³/mol. The van der Waals surface area contributed by atoms with E-state index in [0.717, 1.165) is 42.4 Å². The molecule has 3 fully saturated rings. The van der Waals surface area contributed by atoms with E-state index >= 15 is 0 Å². The number of carbonyl (C=O) groups excluding carboxylic acids is 1. The molecule has 1 saturated heterocycles. The minimum Gasteiger partial charge on any atom is -0.477 e.